The van der Waals surface area contributed by atoms with Crippen molar-refractivity contribution in [3.05, 3.63) is 35.6 Å². The molecule has 118 valence electrons. The summed E-state index contributed by atoms with van der Waals surface area (Å²) in [5, 5.41) is 0. The second kappa shape index (κ2) is 6.83. The Morgan fingerprint density at radius 2 is 2.24 bits per heavy atom. The number of nitrogens with two attached hydrogens (primary N) is 1. The summed E-state index contributed by atoms with van der Waals surface area (Å²) < 4.78 is 41.0. The maximum absolute atomic E-state index is 13.2. The average Bonchev–Trinajstić information content (AvgIpc) is 2.47. The highest BCUT2D eigenvalue weighted by Crippen LogP contribution is 2.21. The van der Waals surface area contributed by atoms with Gasteiger partial charge in [0.05, 0.1) is 0 Å². The summed E-state index contributed by atoms with van der Waals surface area (Å²) in [6, 6.07) is 5.99. The molecule has 2 rings (SSSR count). The molecule has 0 aliphatic carbocycles. The fourth-order valence-electron chi connectivity index (χ4n) is 2.60. The number of benzene rings is 1. The first-order valence-corrected chi connectivity index (χ1v) is 8.49. The minimum absolute atomic E-state index is 0.157. The van der Waals surface area contributed by atoms with Gasteiger partial charge in [-0.05, 0) is 43.0 Å². The predicted molar refractivity (Wildman–Crippen MR) is 80.1 cm³/mol. The van der Waals surface area contributed by atoms with Gasteiger partial charge in [0, 0.05) is 26.7 Å². The minimum Gasteiger partial charge on any atom is -0.330 e. The Kier molecular flexibility index (Phi) is 5.32. The summed E-state index contributed by atoms with van der Waals surface area (Å²) in [6.45, 7) is 1.64. The van der Waals surface area contributed by atoms with Gasteiger partial charge in [-0.2, -0.15) is 17.0 Å². The van der Waals surface area contributed by atoms with Crippen LogP contribution in [0.15, 0.2) is 24.3 Å². The topological polar surface area (TPSA) is 66.6 Å². The summed E-state index contributed by atoms with van der Waals surface area (Å²) in [5.74, 6) is -0.143. The standard InChI is InChI=1S/C14H22FN3O2S/c1-17(10-12-4-2-6-14(15)8-12)21(19,20)18-7-3-5-13(9-16)11-18/h2,4,6,8,13H,3,5,7,9-11,16H2,1H3. The molecule has 2 N–H and O–H groups in total. The van der Waals surface area contributed by atoms with Crippen LogP contribution in [0, 0.1) is 11.7 Å². The lowest BCUT2D eigenvalue weighted by Crippen LogP contribution is -2.47. The highest BCUT2D eigenvalue weighted by Gasteiger charge is 2.31. The van der Waals surface area contributed by atoms with E-state index in [9.17, 15) is 12.8 Å². The number of hydrogen-bond acceptors (Lipinski definition) is 3. The van der Waals surface area contributed by atoms with E-state index in [-0.39, 0.29) is 18.3 Å². The zero-order valence-electron chi connectivity index (χ0n) is 12.2. The van der Waals surface area contributed by atoms with Crippen molar-refractivity contribution in [1.82, 2.24) is 8.61 Å². The van der Waals surface area contributed by atoms with E-state index in [2.05, 4.69) is 0 Å². The van der Waals surface area contributed by atoms with Gasteiger partial charge in [0.2, 0.25) is 0 Å². The maximum atomic E-state index is 13.2. The van der Waals surface area contributed by atoms with Crippen LogP contribution in [0.2, 0.25) is 0 Å². The summed E-state index contributed by atoms with van der Waals surface area (Å²) >= 11 is 0. The van der Waals surface area contributed by atoms with Gasteiger partial charge in [-0.1, -0.05) is 12.1 Å². The molecule has 1 atom stereocenters. The van der Waals surface area contributed by atoms with E-state index in [0.29, 0.717) is 25.2 Å². The lowest BCUT2D eigenvalue weighted by Gasteiger charge is -2.34. The number of hydrogen-bond donors (Lipinski definition) is 1. The first kappa shape index (κ1) is 16.4. The van der Waals surface area contributed by atoms with Crippen LogP contribution in [0.3, 0.4) is 0 Å². The van der Waals surface area contributed by atoms with Crippen molar-refractivity contribution < 1.29 is 12.8 Å². The number of nitrogens with zero attached hydrogens (tertiary/aromatic N) is 2. The van der Waals surface area contributed by atoms with Crippen LogP contribution >= 0.6 is 0 Å². The molecule has 21 heavy (non-hydrogen) atoms. The first-order valence-electron chi connectivity index (χ1n) is 7.09. The van der Waals surface area contributed by atoms with Crippen LogP contribution in [0.4, 0.5) is 4.39 Å². The SMILES string of the molecule is CN(Cc1cccc(F)c1)S(=O)(=O)N1CCCC(CN)C1. The molecule has 0 spiro atoms. The minimum atomic E-state index is -3.53. The molecule has 1 unspecified atom stereocenters. The molecule has 7 heteroatoms. The van der Waals surface area contributed by atoms with Crippen molar-refractivity contribution in [2.45, 2.75) is 19.4 Å². The molecule has 1 aromatic carbocycles. The van der Waals surface area contributed by atoms with Gasteiger partial charge < -0.3 is 5.73 Å². The molecule has 1 aromatic rings. The Morgan fingerprint density at radius 3 is 2.90 bits per heavy atom. The fourth-order valence-corrected chi connectivity index (χ4v) is 4.07. The Hall–Kier alpha value is -1.02. The van der Waals surface area contributed by atoms with Crippen LogP contribution in [-0.4, -0.2) is 43.7 Å². The predicted octanol–water partition coefficient (Wildman–Crippen LogP) is 1.17. The van der Waals surface area contributed by atoms with Crippen molar-refractivity contribution in [1.29, 1.82) is 0 Å². The number of piperidine rings is 1. The van der Waals surface area contributed by atoms with Crippen LogP contribution in [0.25, 0.3) is 0 Å². The van der Waals surface area contributed by atoms with Gasteiger partial charge in [-0.15, -0.1) is 0 Å². The average molecular weight is 315 g/mol. The molecule has 5 nitrogen and oxygen atoms in total. The largest absolute Gasteiger partial charge is 0.330 e. The summed E-state index contributed by atoms with van der Waals surface area (Å²) in [7, 11) is -2.01. The van der Waals surface area contributed by atoms with E-state index in [1.807, 2.05) is 0 Å². The molecule has 1 saturated heterocycles. The monoisotopic (exact) mass is 315 g/mol. The summed E-state index contributed by atoms with van der Waals surface area (Å²) in [4.78, 5) is 0. The molecule has 0 radical (unpaired) electrons. The normalized spacial score (nSPS) is 20.9. The molecular formula is C14H22FN3O2S. The third kappa shape index (κ3) is 4.00. The van der Waals surface area contributed by atoms with Gasteiger partial charge in [0.15, 0.2) is 0 Å². The smallest absolute Gasteiger partial charge is 0.282 e. The first-order chi connectivity index (χ1) is 9.93. The van der Waals surface area contributed by atoms with Crippen molar-refractivity contribution in [3.63, 3.8) is 0 Å². The van der Waals surface area contributed by atoms with Crippen LogP contribution < -0.4 is 5.73 Å². The summed E-state index contributed by atoms with van der Waals surface area (Å²) in [5.41, 5.74) is 6.28. The lowest BCUT2D eigenvalue weighted by molar-refractivity contribution is 0.255. The highest BCUT2D eigenvalue weighted by molar-refractivity contribution is 7.86. The van der Waals surface area contributed by atoms with Gasteiger partial charge in [0.1, 0.15) is 5.82 Å². The van der Waals surface area contributed by atoms with Gasteiger partial charge in [0.25, 0.3) is 10.2 Å². The Bertz CT molecular complexity index is 579. The molecule has 0 amide bonds. The van der Waals surface area contributed by atoms with Gasteiger partial charge in [-0.25, -0.2) is 4.39 Å². The molecule has 0 bridgehead atoms. The fraction of sp³-hybridized carbons (Fsp3) is 0.571. The van der Waals surface area contributed by atoms with Gasteiger partial charge >= 0.3 is 0 Å². The Labute approximate surface area is 125 Å². The molecule has 1 heterocycles. The molecule has 1 fully saturated rings. The van der Waals surface area contributed by atoms with Crippen molar-refractivity contribution in [2.75, 3.05) is 26.7 Å². The van der Waals surface area contributed by atoms with E-state index in [4.69, 9.17) is 5.73 Å². The van der Waals surface area contributed by atoms with Gasteiger partial charge in [-0.3, -0.25) is 0 Å². The summed E-state index contributed by atoms with van der Waals surface area (Å²) in [6.07, 6.45) is 1.80. The Morgan fingerprint density at radius 1 is 1.48 bits per heavy atom. The molecule has 1 aliphatic heterocycles. The van der Waals surface area contributed by atoms with Crippen LogP contribution in [-0.2, 0) is 16.8 Å². The maximum Gasteiger partial charge on any atom is 0.282 e. The third-order valence-corrected chi connectivity index (χ3v) is 5.73. The quantitative estimate of drug-likeness (QED) is 0.887. The van der Waals surface area contributed by atoms with Crippen LogP contribution in [0.1, 0.15) is 18.4 Å². The van der Waals surface area contributed by atoms with E-state index in [1.54, 1.807) is 12.1 Å². The van der Waals surface area contributed by atoms with E-state index < -0.39 is 10.2 Å². The molecule has 0 aromatic heterocycles. The van der Waals surface area contributed by atoms with Crippen molar-refractivity contribution >= 4 is 10.2 Å². The second-order valence-corrected chi connectivity index (χ2v) is 7.53. The number of halogens is 1. The van der Waals surface area contributed by atoms with E-state index >= 15 is 0 Å². The van der Waals surface area contributed by atoms with Crippen molar-refractivity contribution in [2.24, 2.45) is 11.7 Å². The zero-order valence-corrected chi connectivity index (χ0v) is 13.0. The highest BCUT2D eigenvalue weighted by atomic mass is 32.2. The van der Waals surface area contributed by atoms with Crippen LogP contribution in [0.5, 0.6) is 0 Å². The third-order valence-electron chi connectivity index (χ3n) is 3.83. The molecule has 1 aliphatic rings. The number of rotatable bonds is 5. The Balaban J connectivity index is 2.07. The second-order valence-electron chi connectivity index (χ2n) is 5.50. The molecular weight excluding hydrogens is 293 g/mol. The lowest BCUT2D eigenvalue weighted by atomic mass is 10.0. The van der Waals surface area contributed by atoms with E-state index in [1.165, 1.54) is 27.8 Å². The van der Waals surface area contributed by atoms with E-state index in [0.717, 1.165) is 12.8 Å². The zero-order chi connectivity index (χ0) is 15.5. The van der Waals surface area contributed by atoms with Crippen molar-refractivity contribution in [3.8, 4) is 0 Å². The molecule has 0 saturated carbocycles.